The van der Waals surface area contributed by atoms with Crippen molar-refractivity contribution in [3.05, 3.63) is 41.5 Å². The Balaban J connectivity index is 1.45. The number of aliphatic imine (C=N–C) groups is 1. The van der Waals surface area contributed by atoms with Crippen LogP contribution in [-0.2, 0) is 12.8 Å². The van der Waals surface area contributed by atoms with Crippen LogP contribution in [0.25, 0.3) is 0 Å². The summed E-state index contributed by atoms with van der Waals surface area (Å²) in [6.45, 7) is 3.95. The first-order valence-corrected chi connectivity index (χ1v) is 11.0. The van der Waals surface area contributed by atoms with Crippen molar-refractivity contribution in [3.63, 3.8) is 0 Å². The van der Waals surface area contributed by atoms with Gasteiger partial charge in [0.2, 0.25) is 0 Å². The van der Waals surface area contributed by atoms with Crippen molar-refractivity contribution in [2.75, 3.05) is 61.7 Å². The molecule has 0 fully saturated rings. The lowest BCUT2D eigenvalue weighted by Crippen LogP contribution is -2.29. The van der Waals surface area contributed by atoms with E-state index in [0.717, 1.165) is 68.4 Å². The van der Waals surface area contributed by atoms with Crippen molar-refractivity contribution in [2.45, 2.75) is 19.3 Å². The molecule has 0 radical (unpaired) electrons. The molecule has 0 amide bonds. The summed E-state index contributed by atoms with van der Waals surface area (Å²) in [5.74, 6) is 3.02. The van der Waals surface area contributed by atoms with E-state index in [4.69, 9.17) is 18.9 Å². The Hall–Kier alpha value is -2.93. The lowest BCUT2D eigenvalue weighted by molar-refractivity contribution is 0.310. The topological polar surface area (TPSA) is 55.8 Å². The average Bonchev–Trinajstić information content (AvgIpc) is 3.03. The van der Waals surface area contributed by atoms with Gasteiger partial charge < -0.3 is 28.7 Å². The SMILES string of the molecule is COc1ccc(CCN(C)CCCN2C=Nc3cc(OC)c(OC)cc3CC2)cc1OC. The molecule has 32 heavy (non-hydrogen) atoms. The molecule has 0 saturated carbocycles. The van der Waals surface area contributed by atoms with E-state index in [1.165, 1.54) is 11.1 Å². The average molecular weight is 442 g/mol. The van der Waals surface area contributed by atoms with Crippen molar-refractivity contribution in [3.8, 4) is 23.0 Å². The molecule has 2 aromatic rings. The largest absolute Gasteiger partial charge is 0.493 e. The van der Waals surface area contributed by atoms with E-state index in [1.807, 2.05) is 24.5 Å². The number of ether oxygens (including phenoxy) is 4. The first-order chi connectivity index (χ1) is 15.6. The van der Waals surface area contributed by atoms with Gasteiger partial charge in [-0.05, 0) is 62.2 Å². The van der Waals surface area contributed by atoms with Gasteiger partial charge in [-0.2, -0.15) is 0 Å². The number of likely N-dealkylation sites (N-methyl/N-ethyl adjacent to an activating group) is 1. The lowest BCUT2D eigenvalue weighted by atomic mass is 10.1. The maximum atomic E-state index is 5.43. The fraction of sp³-hybridized carbons (Fsp3) is 0.480. The van der Waals surface area contributed by atoms with E-state index in [2.05, 4.69) is 34.0 Å². The first-order valence-electron chi connectivity index (χ1n) is 11.0. The Kier molecular flexibility index (Phi) is 8.62. The Morgan fingerprint density at radius 3 is 2.28 bits per heavy atom. The van der Waals surface area contributed by atoms with Gasteiger partial charge in [0.15, 0.2) is 23.0 Å². The van der Waals surface area contributed by atoms with Crippen molar-refractivity contribution in [2.24, 2.45) is 4.99 Å². The summed E-state index contributed by atoms with van der Waals surface area (Å²) in [6.07, 6.45) is 4.95. The molecule has 0 N–H and O–H groups in total. The quantitative estimate of drug-likeness (QED) is 0.529. The minimum atomic E-state index is 0.716. The molecule has 0 unspecified atom stereocenters. The highest BCUT2D eigenvalue weighted by Gasteiger charge is 2.15. The predicted molar refractivity (Wildman–Crippen MR) is 128 cm³/mol. The number of hydrogen-bond acceptors (Lipinski definition) is 7. The van der Waals surface area contributed by atoms with E-state index >= 15 is 0 Å². The Labute approximate surface area is 191 Å². The summed E-state index contributed by atoms with van der Waals surface area (Å²) in [5, 5.41) is 0. The molecule has 0 aliphatic carbocycles. The monoisotopic (exact) mass is 441 g/mol. The number of rotatable bonds is 11. The number of methoxy groups -OCH3 is 4. The van der Waals surface area contributed by atoms with Gasteiger partial charge in [0.25, 0.3) is 0 Å². The zero-order valence-electron chi connectivity index (χ0n) is 19.9. The van der Waals surface area contributed by atoms with Gasteiger partial charge in [0, 0.05) is 25.7 Å². The van der Waals surface area contributed by atoms with Crippen molar-refractivity contribution in [1.29, 1.82) is 0 Å². The summed E-state index contributed by atoms with van der Waals surface area (Å²) < 4.78 is 21.6. The molecule has 3 rings (SSSR count). The number of fused-ring (bicyclic) bond motifs is 1. The van der Waals surface area contributed by atoms with Gasteiger partial charge in [-0.25, -0.2) is 4.99 Å². The Morgan fingerprint density at radius 1 is 0.875 bits per heavy atom. The summed E-state index contributed by atoms with van der Waals surface area (Å²) in [4.78, 5) is 9.35. The normalized spacial score (nSPS) is 13.0. The second-order valence-electron chi connectivity index (χ2n) is 7.96. The standard InChI is InChI=1S/C25H35N3O4/c1-27(13-9-19-7-8-22(29-2)23(15-19)30-3)11-6-12-28-14-10-20-16-24(31-4)25(32-5)17-21(20)26-18-28/h7-8,15-18H,6,9-14H2,1-5H3. The predicted octanol–water partition coefficient (Wildman–Crippen LogP) is 3.80. The zero-order valence-corrected chi connectivity index (χ0v) is 19.9. The Bertz CT molecular complexity index is 916. The molecular formula is C25H35N3O4. The van der Waals surface area contributed by atoms with Gasteiger partial charge in [-0.3, -0.25) is 0 Å². The Morgan fingerprint density at radius 2 is 1.56 bits per heavy atom. The van der Waals surface area contributed by atoms with Crippen molar-refractivity contribution in [1.82, 2.24) is 9.80 Å². The zero-order chi connectivity index (χ0) is 22.9. The first kappa shape index (κ1) is 23.7. The van der Waals surface area contributed by atoms with Gasteiger partial charge in [-0.15, -0.1) is 0 Å². The van der Waals surface area contributed by atoms with E-state index in [1.54, 1.807) is 28.4 Å². The highest BCUT2D eigenvalue weighted by atomic mass is 16.5. The molecular weight excluding hydrogens is 406 g/mol. The summed E-state index contributed by atoms with van der Waals surface area (Å²) in [7, 11) is 8.82. The highest BCUT2D eigenvalue weighted by Crippen LogP contribution is 2.35. The number of hydrogen-bond donors (Lipinski definition) is 0. The fourth-order valence-electron chi connectivity index (χ4n) is 3.88. The van der Waals surface area contributed by atoms with Crippen LogP contribution in [0.5, 0.6) is 23.0 Å². The molecule has 7 nitrogen and oxygen atoms in total. The van der Waals surface area contributed by atoms with E-state index < -0.39 is 0 Å². The van der Waals surface area contributed by atoms with Crippen LogP contribution in [0.3, 0.4) is 0 Å². The molecule has 0 spiro atoms. The van der Waals surface area contributed by atoms with Crippen LogP contribution in [-0.4, -0.2) is 77.8 Å². The lowest BCUT2D eigenvalue weighted by Gasteiger charge is -2.21. The van der Waals surface area contributed by atoms with Crippen LogP contribution >= 0.6 is 0 Å². The molecule has 7 heteroatoms. The highest BCUT2D eigenvalue weighted by molar-refractivity contribution is 5.67. The van der Waals surface area contributed by atoms with Gasteiger partial charge in [-0.1, -0.05) is 6.07 Å². The summed E-state index contributed by atoms with van der Waals surface area (Å²) in [5.41, 5.74) is 3.39. The summed E-state index contributed by atoms with van der Waals surface area (Å²) >= 11 is 0. The van der Waals surface area contributed by atoms with Crippen LogP contribution in [0, 0.1) is 0 Å². The molecule has 1 aliphatic rings. The minimum Gasteiger partial charge on any atom is -0.493 e. The van der Waals surface area contributed by atoms with E-state index in [9.17, 15) is 0 Å². The van der Waals surface area contributed by atoms with Crippen LogP contribution in [0.15, 0.2) is 35.3 Å². The maximum absolute atomic E-state index is 5.43. The third kappa shape index (κ3) is 6.07. The van der Waals surface area contributed by atoms with Crippen LogP contribution in [0.1, 0.15) is 17.5 Å². The maximum Gasteiger partial charge on any atom is 0.162 e. The smallest absolute Gasteiger partial charge is 0.162 e. The third-order valence-corrected chi connectivity index (χ3v) is 5.83. The van der Waals surface area contributed by atoms with Gasteiger partial charge in [0.05, 0.1) is 40.5 Å². The van der Waals surface area contributed by atoms with Crippen LogP contribution < -0.4 is 18.9 Å². The second-order valence-corrected chi connectivity index (χ2v) is 7.96. The molecule has 0 atom stereocenters. The summed E-state index contributed by atoms with van der Waals surface area (Å²) in [6, 6.07) is 10.1. The van der Waals surface area contributed by atoms with E-state index in [0.29, 0.717) is 5.75 Å². The van der Waals surface area contributed by atoms with Crippen LogP contribution in [0.4, 0.5) is 5.69 Å². The molecule has 174 valence electrons. The molecule has 2 aromatic carbocycles. The van der Waals surface area contributed by atoms with Crippen molar-refractivity contribution < 1.29 is 18.9 Å². The van der Waals surface area contributed by atoms with Crippen molar-refractivity contribution >= 4 is 12.0 Å². The fourth-order valence-corrected chi connectivity index (χ4v) is 3.88. The van der Waals surface area contributed by atoms with Gasteiger partial charge >= 0.3 is 0 Å². The molecule has 0 aromatic heterocycles. The van der Waals surface area contributed by atoms with Crippen LogP contribution in [0.2, 0.25) is 0 Å². The molecule has 0 bridgehead atoms. The third-order valence-electron chi connectivity index (χ3n) is 5.83. The minimum absolute atomic E-state index is 0.716. The molecule has 1 aliphatic heterocycles. The molecule has 0 saturated heterocycles. The van der Waals surface area contributed by atoms with E-state index in [-0.39, 0.29) is 0 Å². The number of benzene rings is 2. The second kappa shape index (κ2) is 11.6. The number of nitrogens with zero attached hydrogens (tertiary/aromatic N) is 3. The molecule has 1 heterocycles. The van der Waals surface area contributed by atoms with Gasteiger partial charge in [0.1, 0.15) is 0 Å².